The number of rotatable bonds is 4. The molecule has 25 heavy (non-hydrogen) atoms. The van der Waals surface area contributed by atoms with E-state index in [0.717, 1.165) is 42.5 Å². The van der Waals surface area contributed by atoms with Crippen molar-refractivity contribution in [3.63, 3.8) is 0 Å². The SMILES string of the molecule is COC(=O)CSc1nc(-c2cccc(C)c2)c2c(c1C#N)CCCC2. The number of benzene rings is 1. The highest BCUT2D eigenvalue weighted by Gasteiger charge is 2.23. The molecule has 0 N–H and O–H groups in total. The van der Waals surface area contributed by atoms with Crippen LogP contribution < -0.4 is 0 Å². The second-order valence-corrected chi connectivity index (χ2v) is 7.11. The first-order valence-electron chi connectivity index (χ1n) is 8.36. The van der Waals surface area contributed by atoms with E-state index in [1.54, 1.807) is 0 Å². The van der Waals surface area contributed by atoms with E-state index in [-0.39, 0.29) is 11.7 Å². The quantitative estimate of drug-likeness (QED) is 0.613. The van der Waals surface area contributed by atoms with Crippen molar-refractivity contribution < 1.29 is 9.53 Å². The van der Waals surface area contributed by atoms with E-state index in [2.05, 4.69) is 31.2 Å². The van der Waals surface area contributed by atoms with Crippen molar-refractivity contribution in [1.29, 1.82) is 5.26 Å². The van der Waals surface area contributed by atoms with Gasteiger partial charge in [0.2, 0.25) is 0 Å². The number of aryl methyl sites for hydroxylation is 1. The Hall–Kier alpha value is -2.32. The van der Waals surface area contributed by atoms with Crippen LogP contribution in [0.1, 0.15) is 35.1 Å². The zero-order valence-corrected chi connectivity index (χ0v) is 15.3. The maximum absolute atomic E-state index is 11.5. The zero-order chi connectivity index (χ0) is 17.8. The molecule has 0 radical (unpaired) electrons. The largest absolute Gasteiger partial charge is 0.468 e. The van der Waals surface area contributed by atoms with Gasteiger partial charge in [0.05, 0.1) is 24.1 Å². The van der Waals surface area contributed by atoms with Crippen molar-refractivity contribution in [1.82, 2.24) is 4.98 Å². The molecule has 1 aromatic heterocycles. The van der Waals surface area contributed by atoms with Crippen molar-refractivity contribution in [3.8, 4) is 17.3 Å². The summed E-state index contributed by atoms with van der Waals surface area (Å²) < 4.78 is 4.72. The summed E-state index contributed by atoms with van der Waals surface area (Å²) in [5, 5.41) is 10.3. The van der Waals surface area contributed by atoms with Crippen molar-refractivity contribution in [2.75, 3.05) is 12.9 Å². The van der Waals surface area contributed by atoms with Crippen LogP contribution in [-0.2, 0) is 22.4 Å². The zero-order valence-electron chi connectivity index (χ0n) is 14.5. The predicted octanol–water partition coefficient (Wildman–Crippen LogP) is 4.07. The molecule has 0 bridgehead atoms. The van der Waals surface area contributed by atoms with Gasteiger partial charge in [0.25, 0.3) is 0 Å². The molecule has 0 unspecified atom stereocenters. The van der Waals surface area contributed by atoms with E-state index in [9.17, 15) is 10.1 Å². The average Bonchev–Trinajstić information content (AvgIpc) is 2.65. The van der Waals surface area contributed by atoms with Crippen molar-refractivity contribution in [2.45, 2.75) is 37.6 Å². The van der Waals surface area contributed by atoms with Gasteiger partial charge in [0.1, 0.15) is 11.1 Å². The summed E-state index contributed by atoms with van der Waals surface area (Å²) in [6, 6.07) is 10.6. The van der Waals surface area contributed by atoms with Gasteiger partial charge >= 0.3 is 5.97 Å². The molecule has 0 saturated carbocycles. The normalized spacial score (nSPS) is 13.0. The maximum atomic E-state index is 11.5. The number of thioether (sulfide) groups is 1. The number of hydrogen-bond donors (Lipinski definition) is 0. The van der Waals surface area contributed by atoms with E-state index in [1.807, 2.05) is 6.07 Å². The third-order valence-corrected chi connectivity index (χ3v) is 5.39. The van der Waals surface area contributed by atoms with Crippen molar-refractivity contribution in [2.24, 2.45) is 0 Å². The summed E-state index contributed by atoms with van der Waals surface area (Å²) >= 11 is 1.28. The van der Waals surface area contributed by atoms with E-state index in [4.69, 9.17) is 9.72 Å². The number of esters is 1. The summed E-state index contributed by atoms with van der Waals surface area (Å²) in [6.07, 6.45) is 4.04. The molecule has 1 aliphatic rings. The second-order valence-electron chi connectivity index (χ2n) is 6.15. The fraction of sp³-hybridized carbons (Fsp3) is 0.350. The van der Waals surface area contributed by atoms with Gasteiger partial charge in [-0.2, -0.15) is 5.26 Å². The predicted molar refractivity (Wildman–Crippen MR) is 98.5 cm³/mol. The Balaban J connectivity index is 2.14. The van der Waals surface area contributed by atoms with E-state index in [1.165, 1.54) is 30.0 Å². The fourth-order valence-corrected chi connectivity index (χ4v) is 4.08. The lowest BCUT2D eigenvalue weighted by atomic mass is 9.86. The van der Waals surface area contributed by atoms with Gasteiger partial charge in [-0.1, -0.05) is 35.5 Å². The molecule has 1 aromatic carbocycles. The second kappa shape index (κ2) is 7.71. The first kappa shape index (κ1) is 17.5. The van der Waals surface area contributed by atoms with Gasteiger partial charge in [-0.05, 0) is 49.8 Å². The van der Waals surface area contributed by atoms with Crippen LogP contribution in [0.3, 0.4) is 0 Å². The van der Waals surface area contributed by atoms with Gasteiger partial charge in [-0.3, -0.25) is 4.79 Å². The Morgan fingerprint density at radius 1 is 1.32 bits per heavy atom. The molecule has 128 valence electrons. The third kappa shape index (κ3) is 3.69. The first-order chi connectivity index (χ1) is 12.1. The summed E-state index contributed by atoms with van der Waals surface area (Å²) in [6.45, 7) is 2.06. The fourth-order valence-electron chi connectivity index (χ4n) is 3.23. The maximum Gasteiger partial charge on any atom is 0.316 e. The third-order valence-electron chi connectivity index (χ3n) is 4.44. The summed E-state index contributed by atoms with van der Waals surface area (Å²) in [5.41, 5.74) is 6.12. The number of aromatic nitrogens is 1. The Morgan fingerprint density at radius 2 is 2.08 bits per heavy atom. The van der Waals surface area contributed by atoms with Crippen LogP contribution in [0.4, 0.5) is 0 Å². The van der Waals surface area contributed by atoms with Gasteiger partial charge in [-0.15, -0.1) is 0 Å². The Morgan fingerprint density at radius 3 is 2.76 bits per heavy atom. The molecule has 5 heteroatoms. The molecular formula is C20H20N2O2S. The van der Waals surface area contributed by atoms with Gasteiger partial charge < -0.3 is 4.74 Å². The molecule has 0 fully saturated rings. The number of nitriles is 1. The number of fused-ring (bicyclic) bond motifs is 1. The standard InChI is InChI=1S/C20H20N2O2S/c1-13-6-5-7-14(10-13)19-16-9-4-3-8-15(16)17(11-21)20(22-19)25-12-18(23)24-2/h5-7,10H,3-4,8-9,12H2,1-2H3. The van der Waals surface area contributed by atoms with Crippen LogP contribution in [0.2, 0.25) is 0 Å². The van der Waals surface area contributed by atoms with Crippen LogP contribution in [0, 0.1) is 18.3 Å². The molecule has 1 aliphatic carbocycles. The number of hydrogen-bond acceptors (Lipinski definition) is 5. The Bertz CT molecular complexity index is 856. The minimum Gasteiger partial charge on any atom is -0.468 e. The summed E-state index contributed by atoms with van der Waals surface area (Å²) in [7, 11) is 1.37. The smallest absolute Gasteiger partial charge is 0.316 e. The molecule has 0 spiro atoms. The molecule has 0 saturated heterocycles. The molecule has 4 nitrogen and oxygen atoms in total. The van der Waals surface area contributed by atoms with Gasteiger partial charge in [0.15, 0.2) is 0 Å². The molecule has 1 heterocycles. The lowest BCUT2D eigenvalue weighted by Gasteiger charge is -2.22. The lowest BCUT2D eigenvalue weighted by Crippen LogP contribution is -2.11. The topological polar surface area (TPSA) is 63.0 Å². The number of pyridine rings is 1. The molecule has 3 rings (SSSR count). The monoisotopic (exact) mass is 352 g/mol. The van der Waals surface area contributed by atoms with Gasteiger partial charge in [0, 0.05) is 5.56 Å². The van der Waals surface area contributed by atoms with Crippen LogP contribution >= 0.6 is 11.8 Å². The number of nitrogens with zero attached hydrogens (tertiary/aromatic N) is 2. The van der Waals surface area contributed by atoms with Crippen molar-refractivity contribution >= 4 is 17.7 Å². The minimum atomic E-state index is -0.314. The lowest BCUT2D eigenvalue weighted by molar-refractivity contribution is -0.137. The van der Waals surface area contributed by atoms with E-state index in [0.29, 0.717) is 10.6 Å². The van der Waals surface area contributed by atoms with Crippen molar-refractivity contribution in [3.05, 3.63) is 46.5 Å². The minimum absolute atomic E-state index is 0.157. The number of carbonyl (C=O) groups is 1. The number of carbonyl (C=O) groups excluding carboxylic acids is 1. The van der Waals surface area contributed by atoms with E-state index >= 15 is 0 Å². The van der Waals surface area contributed by atoms with E-state index < -0.39 is 0 Å². The molecule has 0 atom stereocenters. The summed E-state index contributed by atoms with van der Waals surface area (Å²) in [5.74, 6) is -0.157. The number of ether oxygens (including phenoxy) is 1. The highest BCUT2D eigenvalue weighted by atomic mass is 32.2. The molecule has 0 aliphatic heterocycles. The Kier molecular flexibility index (Phi) is 5.40. The van der Waals surface area contributed by atoms with Gasteiger partial charge in [-0.25, -0.2) is 4.98 Å². The Labute approximate surface area is 152 Å². The first-order valence-corrected chi connectivity index (χ1v) is 9.35. The highest BCUT2D eigenvalue weighted by Crippen LogP contribution is 2.36. The average molecular weight is 352 g/mol. The molecular weight excluding hydrogens is 332 g/mol. The van der Waals surface area contributed by atoms with Crippen LogP contribution in [0.25, 0.3) is 11.3 Å². The van der Waals surface area contributed by atoms with Crippen LogP contribution in [0.5, 0.6) is 0 Å². The number of methoxy groups -OCH3 is 1. The molecule has 0 amide bonds. The van der Waals surface area contributed by atoms with Crippen LogP contribution in [0.15, 0.2) is 29.3 Å². The highest BCUT2D eigenvalue weighted by molar-refractivity contribution is 7.99. The summed E-state index contributed by atoms with van der Waals surface area (Å²) in [4.78, 5) is 16.3. The van der Waals surface area contributed by atoms with Crippen LogP contribution in [-0.4, -0.2) is 23.8 Å². The molecule has 2 aromatic rings.